The molecule has 4 rings (SSSR count). The maximum atomic E-state index is 13.1. The van der Waals surface area contributed by atoms with Gasteiger partial charge in [0.05, 0.1) is 6.61 Å². The van der Waals surface area contributed by atoms with Gasteiger partial charge in [0.2, 0.25) is 0 Å². The van der Waals surface area contributed by atoms with E-state index in [9.17, 15) is 14.0 Å². The van der Waals surface area contributed by atoms with E-state index in [1.165, 1.54) is 24.3 Å². The molecule has 6 heteroatoms. The molecule has 2 aliphatic rings. The molecule has 0 aliphatic carbocycles. The van der Waals surface area contributed by atoms with Crippen molar-refractivity contribution in [3.63, 3.8) is 0 Å². The van der Waals surface area contributed by atoms with Gasteiger partial charge in [-0.1, -0.05) is 6.92 Å². The number of nitrogens with zero attached hydrogens (tertiary/aromatic N) is 2. The molecular weight excluding hydrogens is 407 g/mol. The molecule has 2 amide bonds. The first-order chi connectivity index (χ1) is 15.5. The van der Waals surface area contributed by atoms with E-state index >= 15 is 0 Å². The number of likely N-dealkylation sites (tertiary alicyclic amines) is 2. The maximum Gasteiger partial charge on any atom is 0.253 e. The monoisotopic (exact) mass is 438 g/mol. The Labute approximate surface area is 189 Å². The van der Waals surface area contributed by atoms with Gasteiger partial charge in [-0.25, -0.2) is 4.39 Å². The smallest absolute Gasteiger partial charge is 0.253 e. The van der Waals surface area contributed by atoms with Gasteiger partial charge in [0.25, 0.3) is 11.8 Å². The van der Waals surface area contributed by atoms with E-state index in [4.69, 9.17) is 4.74 Å². The van der Waals surface area contributed by atoms with Crippen molar-refractivity contribution < 1.29 is 18.7 Å². The summed E-state index contributed by atoms with van der Waals surface area (Å²) in [5.41, 5.74) is 1.23. The number of hydrogen-bond donors (Lipinski definition) is 0. The van der Waals surface area contributed by atoms with Crippen LogP contribution in [0.1, 0.15) is 53.3 Å². The average Bonchev–Trinajstić information content (AvgIpc) is 2.83. The van der Waals surface area contributed by atoms with Crippen LogP contribution in [0.3, 0.4) is 0 Å². The SMILES string of the molecule is CC1CCN(C(=O)c2ccc(OCC3CCN(C(=O)c4ccc(F)cc4)CC3)cc2)CC1. The highest BCUT2D eigenvalue weighted by molar-refractivity contribution is 5.94. The fourth-order valence-corrected chi connectivity index (χ4v) is 4.38. The average molecular weight is 439 g/mol. The first kappa shape index (κ1) is 22.3. The fourth-order valence-electron chi connectivity index (χ4n) is 4.38. The number of benzene rings is 2. The Hall–Kier alpha value is -2.89. The zero-order valence-corrected chi connectivity index (χ0v) is 18.6. The minimum absolute atomic E-state index is 0.0483. The number of piperidine rings is 2. The Morgan fingerprint density at radius 3 is 1.81 bits per heavy atom. The molecule has 0 bridgehead atoms. The van der Waals surface area contributed by atoms with Crippen LogP contribution in [-0.4, -0.2) is 54.4 Å². The molecule has 0 spiro atoms. The van der Waals surface area contributed by atoms with Gasteiger partial charge in [-0.2, -0.15) is 0 Å². The Bertz CT molecular complexity index is 913. The lowest BCUT2D eigenvalue weighted by atomic mass is 9.97. The van der Waals surface area contributed by atoms with E-state index in [2.05, 4.69) is 6.92 Å². The van der Waals surface area contributed by atoms with Crippen LogP contribution >= 0.6 is 0 Å². The topological polar surface area (TPSA) is 49.9 Å². The third kappa shape index (κ3) is 5.47. The Morgan fingerprint density at radius 2 is 1.28 bits per heavy atom. The number of ether oxygens (including phenoxy) is 1. The molecule has 2 aliphatic heterocycles. The second-order valence-corrected chi connectivity index (χ2v) is 9.05. The number of rotatable bonds is 5. The van der Waals surface area contributed by atoms with Crippen LogP contribution in [0, 0.1) is 17.7 Å². The fraction of sp³-hybridized carbons (Fsp3) is 0.462. The molecular formula is C26H31FN2O3. The molecule has 2 fully saturated rings. The molecule has 0 saturated carbocycles. The zero-order chi connectivity index (χ0) is 22.5. The molecule has 32 heavy (non-hydrogen) atoms. The third-order valence-corrected chi connectivity index (χ3v) is 6.65. The molecule has 2 aromatic carbocycles. The van der Waals surface area contributed by atoms with Gasteiger partial charge >= 0.3 is 0 Å². The van der Waals surface area contributed by atoms with E-state index in [0.29, 0.717) is 42.7 Å². The summed E-state index contributed by atoms with van der Waals surface area (Å²) < 4.78 is 19.0. The summed E-state index contributed by atoms with van der Waals surface area (Å²) in [5.74, 6) is 1.55. The van der Waals surface area contributed by atoms with Crippen molar-refractivity contribution >= 4 is 11.8 Å². The second-order valence-electron chi connectivity index (χ2n) is 9.05. The summed E-state index contributed by atoms with van der Waals surface area (Å²) in [6, 6.07) is 13.1. The molecule has 2 heterocycles. The molecule has 2 aromatic rings. The van der Waals surface area contributed by atoms with Crippen molar-refractivity contribution in [1.29, 1.82) is 0 Å². The molecule has 0 N–H and O–H groups in total. The van der Waals surface area contributed by atoms with Crippen molar-refractivity contribution in [3.8, 4) is 5.75 Å². The van der Waals surface area contributed by atoms with Gasteiger partial charge in [0.15, 0.2) is 0 Å². The predicted octanol–water partition coefficient (Wildman–Crippen LogP) is 4.63. The summed E-state index contributed by atoms with van der Waals surface area (Å²) in [4.78, 5) is 29.0. The van der Waals surface area contributed by atoms with E-state index in [-0.39, 0.29) is 17.6 Å². The lowest BCUT2D eigenvalue weighted by Gasteiger charge is -2.32. The summed E-state index contributed by atoms with van der Waals surface area (Å²) in [6.07, 6.45) is 3.89. The summed E-state index contributed by atoms with van der Waals surface area (Å²) >= 11 is 0. The van der Waals surface area contributed by atoms with Crippen molar-refractivity contribution in [2.24, 2.45) is 11.8 Å². The van der Waals surface area contributed by atoms with Crippen LogP contribution in [0.15, 0.2) is 48.5 Å². The van der Waals surface area contributed by atoms with Crippen molar-refractivity contribution in [2.75, 3.05) is 32.8 Å². The van der Waals surface area contributed by atoms with Crippen LogP contribution in [0.25, 0.3) is 0 Å². The summed E-state index contributed by atoms with van der Waals surface area (Å²) in [7, 11) is 0. The summed E-state index contributed by atoms with van der Waals surface area (Å²) in [5, 5.41) is 0. The minimum atomic E-state index is -0.337. The highest BCUT2D eigenvalue weighted by atomic mass is 19.1. The second kappa shape index (κ2) is 10.2. The Kier molecular flexibility index (Phi) is 7.08. The minimum Gasteiger partial charge on any atom is -0.493 e. The number of amides is 2. The molecule has 170 valence electrons. The van der Waals surface area contributed by atoms with E-state index in [1.54, 1.807) is 0 Å². The van der Waals surface area contributed by atoms with Crippen molar-refractivity contribution in [2.45, 2.75) is 32.6 Å². The Balaban J connectivity index is 1.22. The van der Waals surface area contributed by atoms with E-state index in [0.717, 1.165) is 44.5 Å². The van der Waals surface area contributed by atoms with Crippen LogP contribution in [0.2, 0.25) is 0 Å². The first-order valence-electron chi connectivity index (χ1n) is 11.6. The maximum absolute atomic E-state index is 13.1. The third-order valence-electron chi connectivity index (χ3n) is 6.65. The van der Waals surface area contributed by atoms with Gasteiger partial charge in [0, 0.05) is 37.3 Å². The quantitative estimate of drug-likeness (QED) is 0.684. The van der Waals surface area contributed by atoms with Gasteiger partial charge in [-0.15, -0.1) is 0 Å². The van der Waals surface area contributed by atoms with Gasteiger partial charge < -0.3 is 14.5 Å². The highest BCUT2D eigenvalue weighted by Gasteiger charge is 2.24. The molecule has 2 saturated heterocycles. The van der Waals surface area contributed by atoms with Crippen LogP contribution in [0.5, 0.6) is 5.75 Å². The predicted molar refractivity (Wildman–Crippen MR) is 121 cm³/mol. The first-order valence-corrected chi connectivity index (χ1v) is 11.6. The molecule has 5 nitrogen and oxygen atoms in total. The number of carbonyl (C=O) groups excluding carboxylic acids is 2. The zero-order valence-electron chi connectivity index (χ0n) is 18.6. The van der Waals surface area contributed by atoms with Crippen LogP contribution in [-0.2, 0) is 0 Å². The van der Waals surface area contributed by atoms with E-state index < -0.39 is 0 Å². The standard InChI is InChI=1S/C26H31FN2O3/c1-19-10-14-28(15-11-19)26(31)22-4-8-24(9-5-22)32-18-20-12-16-29(17-13-20)25(30)21-2-6-23(27)7-3-21/h2-9,19-20H,10-18H2,1H3. The van der Waals surface area contributed by atoms with Gasteiger partial charge in [-0.3, -0.25) is 9.59 Å². The molecule has 0 atom stereocenters. The van der Waals surface area contributed by atoms with Crippen molar-refractivity contribution in [3.05, 3.63) is 65.5 Å². The Morgan fingerprint density at radius 1 is 0.812 bits per heavy atom. The van der Waals surface area contributed by atoms with Crippen LogP contribution in [0.4, 0.5) is 4.39 Å². The normalized spacial score (nSPS) is 17.9. The number of hydrogen-bond acceptors (Lipinski definition) is 3. The van der Waals surface area contributed by atoms with Gasteiger partial charge in [0.1, 0.15) is 11.6 Å². The lowest BCUT2D eigenvalue weighted by molar-refractivity contribution is 0.0658. The molecule has 0 unspecified atom stereocenters. The van der Waals surface area contributed by atoms with E-state index in [1.807, 2.05) is 34.1 Å². The summed E-state index contributed by atoms with van der Waals surface area (Å²) in [6.45, 7) is 5.84. The lowest BCUT2D eigenvalue weighted by Crippen LogP contribution is -2.39. The molecule has 0 radical (unpaired) electrons. The largest absolute Gasteiger partial charge is 0.493 e. The van der Waals surface area contributed by atoms with Crippen molar-refractivity contribution in [1.82, 2.24) is 9.80 Å². The van der Waals surface area contributed by atoms with Crippen LogP contribution < -0.4 is 4.74 Å². The number of carbonyl (C=O) groups is 2. The number of halogens is 1. The molecule has 0 aromatic heterocycles. The van der Waals surface area contributed by atoms with Gasteiger partial charge in [-0.05, 0) is 86.1 Å². The highest BCUT2D eigenvalue weighted by Crippen LogP contribution is 2.23.